The Hall–Kier alpha value is -2.93. The first-order valence-corrected chi connectivity index (χ1v) is 11.0. The number of rotatable bonds is 7. The van der Waals surface area contributed by atoms with Crippen LogP contribution in [0, 0.1) is 0 Å². The van der Waals surface area contributed by atoms with Crippen molar-refractivity contribution in [3.8, 4) is 11.3 Å². The van der Waals surface area contributed by atoms with E-state index in [4.69, 9.17) is 0 Å². The van der Waals surface area contributed by atoms with Gasteiger partial charge in [-0.3, -0.25) is 9.20 Å². The SMILES string of the molecule is O=C(NC1CC1)c1ccc(-c2cnc3c(NCCN4CCCCC4)nccn23)cc1. The molecule has 30 heavy (non-hydrogen) atoms. The van der Waals surface area contributed by atoms with Crippen molar-refractivity contribution >= 4 is 17.4 Å². The van der Waals surface area contributed by atoms with Gasteiger partial charge in [-0.15, -0.1) is 0 Å². The van der Waals surface area contributed by atoms with Crippen LogP contribution in [-0.4, -0.2) is 57.4 Å². The van der Waals surface area contributed by atoms with E-state index in [1.165, 1.54) is 32.4 Å². The molecular weight excluding hydrogens is 376 g/mol. The maximum absolute atomic E-state index is 12.2. The van der Waals surface area contributed by atoms with Gasteiger partial charge < -0.3 is 15.5 Å². The molecule has 1 aliphatic heterocycles. The zero-order chi connectivity index (χ0) is 20.3. The van der Waals surface area contributed by atoms with Crippen molar-refractivity contribution in [2.24, 2.45) is 0 Å². The number of benzene rings is 1. The molecule has 2 aromatic heterocycles. The lowest BCUT2D eigenvalue weighted by atomic mass is 10.1. The van der Waals surface area contributed by atoms with Gasteiger partial charge in [0.1, 0.15) is 0 Å². The number of piperidine rings is 1. The molecule has 5 rings (SSSR count). The van der Waals surface area contributed by atoms with E-state index in [0.29, 0.717) is 11.6 Å². The Labute approximate surface area is 176 Å². The Morgan fingerprint density at radius 2 is 1.87 bits per heavy atom. The number of nitrogens with one attached hydrogen (secondary N) is 2. The highest BCUT2D eigenvalue weighted by Gasteiger charge is 2.23. The lowest BCUT2D eigenvalue weighted by Crippen LogP contribution is -2.33. The third kappa shape index (κ3) is 4.16. The van der Waals surface area contributed by atoms with Crippen LogP contribution in [0.15, 0.2) is 42.9 Å². The average molecular weight is 405 g/mol. The monoisotopic (exact) mass is 404 g/mol. The molecule has 1 saturated carbocycles. The Kier molecular flexibility index (Phi) is 5.36. The Bertz CT molecular complexity index is 1020. The molecule has 3 heterocycles. The molecule has 7 nitrogen and oxygen atoms in total. The standard InChI is InChI=1S/C23H28N6O/c30-23(27-19-8-9-19)18-6-4-17(5-7-18)20-16-26-22-21(25-11-15-29(20)22)24-10-14-28-12-2-1-3-13-28/h4-7,11,15-16,19H,1-3,8-10,12-14H2,(H,24,25)(H,27,30). The van der Waals surface area contributed by atoms with Gasteiger partial charge in [-0.1, -0.05) is 18.6 Å². The van der Waals surface area contributed by atoms with Crippen molar-refractivity contribution in [2.75, 3.05) is 31.5 Å². The van der Waals surface area contributed by atoms with Crippen LogP contribution in [0.25, 0.3) is 16.9 Å². The Morgan fingerprint density at radius 3 is 2.63 bits per heavy atom. The fraction of sp³-hybridized carbons (Fsp3) is 0.435. The molecule has 7 heteroatoms. The van der Waals surface area contributed by atoms with Crippen LogP contribution in [0.3, 0.4) is 0 Å². The molecule has 2 fully saturated rings. The molecule has 1 saturated heterocycles. The topological polar surface area (TPSA) is 74.6 Å². The molecule has 2 N–H and O–H groups in total. The quantitative estimate of drug-likeness (QED) is 0.633. The van der Waals surface area contributed by atoms with Gasteiger partial charge in [-0.25, -0.2) is 9.97 Å². The zero-order valence-corrected chi connectivity index (χ0v) is 17.2. The maximum Gasteiger partial charge on any atom is 0.251 e. The van der Waals surface area contributed by atoms with Crippen molar-refractivity contribution in [1.29, 1.82) is 0 Å². The van der Waals surface area contributed by atoms with E-state index < -0.39 is 0 Å². The fourth-order valence-electron chi connectivity index (χ4n) is 4.06. The summed E-state index contributed by atoms with van der Waals surface area (Å²) < 4.78 is 2.05. The lowest BCUT2D eigenvalue weighted by molar-refractivity contribution is 0.0951. The number of amides is 1. The second kappa shape index (κ2) is 8.44. The summed E-state index contributed by atoms with van der Waals surface area (Å²) in [5, 5.41) is 6.49. The highest BCUT2D eigenvalue weighted by atomic mass is 16.1. The largest absolute Gasteiger partial charge is 0.366 e. The van der Waals surface area contributed by atoms with Crippen LogP contribution in [0.5, 0.6) is 0 Å². The number of likely N-dealkylation sites (tertiary alicyclic amines) is 1. The van der Waals surface area contributed by atoms with Crippen LogP contribution in [0.2, 0.25) is 0 Å². The normalized spacial score (nSPS) is 17.2. The molecule has 0 spiro atoms. The van der Waals surface area contributed by atoms with Crippen molar-refractivity contribution in [3.63, 3.8) is 0 Å². The van der Waals surface area contributed by atoms with Crippen molar-refractivity contribution in [1.82, 2.24) is 24.6 Å². The van der Waals surface area contributed by atoms with Gasteiger partial charge in [-0.2, -0.15) is 0 Å². The summed E-state index contributed by atoms with van der Waals surface area (Å²) in [7, 11) is 0. The van der Waals surface area contributed by atoms with Crippen LogP contribution >= 0.6 is 0 Å². The maximum atomic E-state index is 12.2. The van der Waals surface area contributed by atoms with Gasteiger partial charge >= 0.3 is 0 Å². The van der Waals surface area contributed by atoms with Gasteiger partial charge in [0, 0.05) is 42.7 Å². The number of aromatic nitrogens is 3. The van der Waals surface area contributed by atoms with E-state index in [9.17, 15) is 4.79 Å². The van der Waals surface area contributed by atoms with Crippen molar-refractivity contribution in [3.05, 3.63) is 48.4 Å². The van der Waals surface area contributed by atoms with E-state index in [-0.39, 0.29) is 5.91 Å². The molecule has 3 aromatic rings. The first kappa shape index (κ1) is 19.1. The number of nitrogens with zero attached hydrogens (tertiary/aromatic N) is 4. The summed E-state index contributed by atoms with van der Waals surface area (Å²) in [4.78, 5) is 23.8. The van der Waals surface area contributed by atoms with Gasteiger partial charge in [0.05, 0.1) is 11.9 Å². The number of hydrogen-bond donors (Lipinski definition) is 2. The zero-order valence-electron chi connectivity index (χ0n) is 17.2. The third-order valence-corrected chi connectivity index (χ3v) is 5.95. The van der Waals surface area contributed by atoms with Crippen LogP contribution in [0.1, 0.15) is 42.5 Å². The van der Waals surface area contributed by atoms with E-state index >= 15 is 0 Å². The van der Waals surface area contributed by atoms with Gasteiger partial charge in [0.25, 0.3) is 5.91 Å². The predicted molar refractivity (Wildman–Crippen MR) is 118 cm³/mol. The fourth-order valence-corrected chi connectivity index (χ4v) is 4.06. The molecular formula is C23H28N6O. The highest BCUT2D eigenvalue weighted by molar-refractivity contribution is 5.95. The van der Waals surface area contributed by atoms with Gasteiger partial charge in [-0.05, 0) is 50.9 Å². The van der Waals surface area contributed by atoms with E-state index in [1.807, 2.05) is 36.7 Å². The van der Waals surface area contributed by atoms with Crippen LogP contribution in [-0.2, 0) is 0 Å². The van der Waals surface area contributed by atoms with E-state index in [2.05, 4.69) is 29.9 Å². The second-order valence-electron chi connectivity index (χ2n) is 8.27. The Balaban J connectivity index is 1.29. The number of hydrogen-bond acceptors (Lipinski definition) is 5. The van der Waals surface area contributed by atoms with E-state index in [0.717, 1.165) is 48.7 Å². The van der Waals surface area contributed by atoms with Crippen LogP contribution < -0.4 is 10.6 Å². The smallest absolute Gasteiger partial charge is 0.251 e. The van der Waals surface area contributed by atoms with Crippen molar-refractivity contribution in [2.45, 2.75) is 38.1 Å². The lowest BCUT2D eigenvalue weighted by Gasteiger charge is -2.26. The first-order chi connectivity index (χ1) is 14.8. The first-order valence-electron chi connectivity index (χ1n) is 11.0. The summed E-state index contributed by atoms with van der Waals surface area (Å²) in [6.07, 6.45) is 11.7. The molecule has 0 radical (unpaired) electrons. The summed E-state index contributed by atoms with van der Waals surface area (Å²) >= 11 is 0. The van der Waals surface area contributed by atoms with Gasteiger partial charge in [0.2, 0.25) is 0 Å². The summed E-state index contributed by atoms with van der Waals surface area (Å²) in [6.45, 7) is 4.28. The minimum absolute atomic E-state index is 0.00610. The summed E-state index contributed by atoms with van der Waals surface area (Å²) in [6, 6.07) is 8.09. The minimum Gasteiger partial charge on any atom is -0.366 e. The van der Waals surface area contributed by atoms with Crippen molar-refractivity contribution < 1.29 is 4.79 Å². The molecule has 1 amide bonds. The molecule has 0 unspecified atom stereocenters. The molecule has 0 bridgehead atoms. The second-order valence-corrected chi connectivity index (χ2v) is 8.27. The number of carbonyl (C=O) groups excluding carboxylic acids is 1. The molecule has 1 aliphatic carbocycles. The Morgan fingerprint density at radius 1 is 1.07 bits per heavy atom. The highest BCUT2D eigenvalue weighted by Crippen LogP contribution is 2.24. The number of imidazole rings is 1. The summed E-state index contributed by atoms with van der Waals surface area (Å²) in [5.41, 5.74) is 3.53. The third-order valence-electron chi connectivity index (χ3n) is 5.95. The predicted octanol–water partition coefficient (Wildman–Crippen LogP) is 3.19. The number of fused-ring (bicyclic) bond motifs is 1. The molecule has 0 atom stereocenters. The molecule has 156 valence electrons. The number of anilines is 1. The number of carbonyl (C=O) groups is 1. The average Bonchev–Trinajstić information content (AvgIpc) is 3.49. The minimum atomic E-state index is 0.00610. The van der Waals surface area contributed by atoms with E-state index in [1.54, 1.807) is 6.20 Å². The molecule has 2 aliphatic rings. The molecule has 1 aromatic carbocycles. The van der Waals surface area contributed by atoms with Crippen LogP contribution in [0.4, 0.5) is 5.82 Å². The van der Waals surface area contributed by atoms with Gasteiger partial charge in [0.15, 0.2) is 11.5 Å². The summed E-state index contributed by atoms with van der Waals surface area (Å²) in [5.74, 6) is 0.813.